The number of sulfonamides is 1. The zero-order valence-corrected chi connectivity index (χ0v) is 13.2. The molecule has 0 spiro atoms. The Labute approximate surface area is 124 Å². The molecule has 1 aromatic rings. The number of halogens is 2. The minimum Gasteiger partial charge on any atom is -0.329 e. The Balaban J connectivity index is 3.01. The molecule has 3 N–H and O–H groups in total. The van der Waals surface area contributed by atoms with Gasteiger partial charge in [-0.15, -0.1) is 0 Å². The molecule has 1 unspecified atom stereocenters. The Bertz CT molecular complexity index is 564. The third kappa shape index (κ3) is 4.41. The molecule has 0 aliphatic rings. The Morgan fingerprint density at radius 1 is 1.45 bits per heavy atom. The number of aryl methyl sites for hydroxylation is 1. The zero-order valence-electron chi connectivity index (χ0n) is 11.6. The summed E-state index contributed by atoms with van der Waals surface area (Å²) in [5, 5.41) is -0.133. The largest absolute Gasteiger partial charge is 0.329 e. The molecule has 1 aromatic carbocycles. The van der Waals surface area contributed by atoms with Crippen molar-refractivity contribution in [3.8, 4) is 0 Å². The topological polar surface area (TPSA) is 72.2 Å². The molecule has 4 nitrogen and oxygen atoms in total. The smallest absolute Gasteiger partial charge is 0.242 e. The molecule has 0 aliphatic carbocycles. The molecule has 0 bridgehead atoms. The van der Waals surface area contributed by atoms with Crippen LogP contribution < -0.4 is 10.5 Å². The van der Waals surface area contributed by atoms with Crippen LogP contribution in [0.1, 0.15) is 31.7 Å². The molecule has 0 aliphatic heterocycles. The van der Waals surface area contributed by atoms with Crippen LogP contribution in [0, 0.1) is 12.7 Å². The van der Waals surface area contributed by atoms with E-state index in [9.17, 15) is 12.8 Å². The summed E-state index contributed by atoms with van der Waals surface area (Å²) < 4.78 is 40.4. The molecule has 20 heavy (non-hydrogen) atoms. The predicted octanol–water partition coefficient (Wildman–Crippen LogP) is 2.58. The van der Waals surface area contributed by atoms with Crippen molar-refractivity contribution in [1.29, 1.82) is 0 Å². The normalized spacial score (nSPS) is 13.4. The van der Waals surface area contributed by atoms with Gasteiger partial charge < -0.3 is 5.73 Å². The summed E-state index contributed by atoms with van der Waals surface area (Å²) in [4.78, 5) is -0.118. The summed E-state index contributed by atoms with van der Waals surface area (Å²) >= 11 is 5.83. The first-order valence-corrected chi connectivity index (χ1v) is 8.36. The molecule has 114 valence electrons. The van der Waals surface area contributed by atoms with Crippen molar-refractivity contribution in [1.82, 2.24) is 4.72 Å². The molecule has 1 atom stereocenters. The highest BCUT2D eigenvalue weighted by Crippen LogP contribution is 2.25. The van der Waals surface area contributed by atoms with Crippen molar-refractivity contribution < 1.29 is 12.8 Å². The fourth-order valence-electron chi connectivity index (χ4n) is 1.80. The fourth-order valence-corrected chi connectivity index (χ4v) is 3.68. The SMILES string of the molecule is CCCCC(CN)NS(=O)(=O)c1cc(C)c(F)cc1Cl. The lowest BCUT2D eigenvalue weighted by Gasteiger charge is -2.17. The van der Waals surface area contributed by atoms with Crippen molar-refractivity contribution in [2.24, 2.45) is 5.73 Å². The number of benzene rings is 1. The Hall–Kier alpha value is -0.690. The number of rotatable bonds is 7. The number of nitrogens with two attached hydrogens (primary N) is 1. The summed E-state index contributed by atoms with van der Waals surface area (Å²) in [5.41, 5.74) is 5.80. The standard InChI is InChI=1S/C13H20ClFN2O2S/c1-3-4-5-10(8-16)17-20(18,19)13-6-9(2)12(15)7-11(13)14/h6-7,10,17H,3-5,8,16H2,1-2H3. The van der Waals surface area contributed by atoms with Crippen molar-refractivity contribution in [2.75, 3.05) is 6.54 Å². The van der Waals surface area contributed by atoms with Gasteiger partial charge in [0.2, 0.25) is 10.0 Å². The molecular weight excluding hydrogens is 303 g/mol. The lowest BCUT2D eigenvalue weighted by Crippen LogP contribution is -2.40. The van der Waals surface area contributed by atoms with Crippen LogP contribution in [-0.2, 0) is 10.0 Å². The zero-order chi connectivity index (χ0) is 15.3. The van der Waals surface area contributed by atoms with E-state index in [0.29, 0.717) is 6.42 Å². The summed E-state index contributed by atoms with van der Waals surface area (Å²) in [5.74, 6) is -0.532. The van der Waals surface area contributed by atoms with Gasteiger partial charge >= 0.3 is 0 Å². The van der Waals surface area contributed by atoms with E-state index in [1.807, 2.05) is 6.92 Å². The molecular formula is C13H20ClFN2O2S. The van der Waals surface area contributed by atoms with Gasteiger partial charge in [-0.05, 0) is 31.0 Å². The maximum atomic E-state index is 13.3. The van der Waals surface area contributed by atoms with Gasteiger partial charge in [-0.3, -0.25) is 0 Å². The van der Waals surface area contributed by atoms with E-state index in [0.717, 1.165) is 18.9 Å². The van der Waals surface area contributed by atoms with Gasteiger partial charge in [0, 0.05) is 12.6 Å². The third-order valence-corrected chi connectivity index (χ3v) is 5.00. The van der Waals surface area contributed by atoms with E-state index in [2.05, 4.69) is 4.72 Å². The highest BCUT2D eigenvalue weighted by Gasteiger charge is 2.22. The summed E-state index contributed by atoms with van der Waals surface area (Å²) in [6.45, 7) is 3.71. The van der Waals surface area contributed by atoms with Gasteiger partial charge in [0.15, 0.2) is 0 Å². The molecule has 1 rings (SSSR count). The lowest BCUT2D eigenvalue weighted by atomic mass is 10.1. The predicted molar refractivity (Wildman–Crippen MR) is 78.8 cm³/mol. The molecule has 0 aromatic heterocycles. The minimum atomic E-state index is -3.80. The number of unbranched alkanes of at least 4 members (excludes halogenated alkanes) is 1. The van der Waals surface area contributed by atoms with Gasteiger partial charge in [-0.25, -0.2) is 17.5 Å². The van der Waals surface area contributed by atoms with Crippen LogP contribution in [0.2, 0.25) is 5.02 Å². The van der Waals surface area contributed by atoms with Crippen LogP contribution in [0.25, 0.3) is 0 Å². The molecule has 0 radical (unpaired) electrons. The first kappa shape index (κ1) is 17.4. The molecule has 0 saturated carbocycles. The van der Waals surface area contributed by atoms with Gasteiger partial charge in [0.05, 0.1) is 5.02 Å². The number of hydrogen-bond acceptors (Lipinski definition) is 3. The monoisotopic (exact) mass is 322 g/mol. The second-order valence-corrected chi connectivity index (χ2v) is 6.82. The summed E-state index contributed by atoms with van der Waals surface area (Å²) in [6, 6.07) is 1.89. The number of nitrogens with one attached hydrogen (secondary N) is 1. The van der Waals surface area contributed by atoms with Gasteiger partial charge in [-0.1, -0.05) is 31.4 Å². The second kappa shape index (κ2) is 7.36. The van der Waals surface area contributed by atoms with Crippen molar-refractivity contribution >= 4 is 21.6 Å². The molecule has 0 heterocycles. The Morgan fingerprint density at radius 2 is 2.10 bits per heavy atom. The first-order valence-electron chi connectivity index (χ1n) is 6.49. The second-order valence-electron chi connectivity index (χ2n) is 4.73. The summed E-state index contributed by atoms with van der Waals surface area (Å²) in [6.07, 6.45) is 2.49. The lowest BCUT2D eigenvalue weighted by molar-refractivity contribution is 0.516. The number of hydrogen-bond donors (Lipinski definition) is 2. The molecule has 0 saturated heterocycles. The average Bonchev–Trinajstić information content (AvgIpc) is 2.38. The van der Waals surface area contributed by atoms with Crippen molar-refractivity contribution in [3.63, 3.8) is 0 Å². The average molecular weight is 323 g/mol. The fraction of sp³-hybridized carbons (Fsp3) is 0.538. The van der Waals surface area contributed by atoms with Crippen LogP contribution in [0.4, 0.5) is 4.39 Å². The van der Waals surface area contributed by atoms with Crippen LogP contribution in [0.3, 0.4) is 0 Å². The van der Waals surface area contributed by atoms with E-state index < -0.39 is 15.8 Å². The summed E-state index contributed by atoms with van der Waals surface area (Å²) in [7, 11) is -3.80. The first-order chi connectivity index (χ1) is 9.31. The van der Waals surface area contributed by atoms with Crippen LogP contribution in [0.15, 0.2) is 17.0 Å². The Morgan fingerprint density at radius 3 is 2.65 bits per heavy atom. The highest BCUT2D eigenvalue weighted by molar-refractivity contribution is 7.89. The maximum absolute atomic E-state index is 13.3. The molecule has 0 amide bonds. The Kier molecular flexibility index (Phi) is 6.39. The van der Waals surface area contributed by atoms with E-state index in [4.69, 9.17) is 17.3 Å². The minimum absolute atomic E-state index is 0.118. The van der Waals surface area contributed by atoms with Crippen LogP contribution >= 0.6 is 11.6 Å². The quantitative estimate of drug-likeness (QED) is 0.810. The van der Waals surface area contributed by atoms with Gasteiger partial charge in [0.25, 0.3) is 0 Å². The maximum Gasteiger partial charge on any atom is 0.242 e. The van der Waals surface area contributed by atoms with E-state index >= 15 is 0 Å². The van der Waals surface area contributed by atoms with Crippen molar-refractivity contribution in [3.05, 3.63) is 28.5 Å². The van der Waals surface area contributed by atoms with E-state index in [1.54, 1.807) is 0 Å². The van der Waals surface area contributed by atoms with E-state index in [1.165, 1.54) is 13.0 Å². The third-order valence-electron chi connectivity index (χ3n) is 3.02. The highest BCUT2D eigenvalue weighted by atomic mass is 35.5. The van der Waals surface area contributed by atoms with E-state index in [-0.39, 0.29) is 28.1 Å². The van der Waals surface area contributed by atoms with Crippen LogP contribution in [-0.4, -0.2) is 21.0 Å². The molecule has 7 heteroatoms. The van der Waals surface area contributed by atoms with Crippen molar-refractivity contribution in [2.45, 2.75) is 44.0 Å². The molecule has 0 fully saturated rings. The van der Waals surface area contributed by atoms with Gasteiger partial charge in [0.1, 0.15) is 10.7 Å². The van der Waals surface area contributed by atoms with Crippen LogP contribution in [0.5, 0.6) is 0 Å². The van der Waals surface area contributed by atoms with Gasteiger partial charge in [-0.2, -0.15) is 0 Å².